The number of hydrogen-bond donors (Lipinski definition) is 1. The van der Waals surface area contributed by atoms with Crippen molar-refractivity contribution in [1.29, 1.82) is 0 Å². The standard InChI is InChI=1S/C23H30ClN5O3/c1-6-32-21-11-16(10-19(24)25-21)9-17(31)13-29(7-8-30)20-12-18(14(2)3)22-15(4)27-28(5)23(22)26-20/h10-12,14,30H,6-9,13H2,1-5H3. The van der Waals surface area contributed by atoms with E-state index in [1.165, 1.54) is 0 Å². The van der Waals surface area contributed by atoms with Gasteiger partial charge in [-0.05, 0) is 43.0 Å². The van der Waals surface area contributed by atoms with E-state index in [1.54, 1.807) is 16.8 Å². The highest BCUT2D eigenvalue weighted by molar-refractivity contribution is 6.29. The first-order valence-electron chi connectivity index (χ1n) is 10.7. The summed E-state index contributed by atoms with van der Waals surface area (Å²) in [6, 6.07) is 5.39. The zero-order valence-electron chi connectivity index (χ0n) is 19.2. The molecule has 0 aliphatic carbocycles. The second-order valence-electron chi connectivity index (χ2n) is 8.06. The molecule has 3 aromatic rings. The van der Waals surface area contributed by atoms with Crippen LogP contribution >= 0.6 is 11.6 Å². The quantitative estimate of drug-likeness (QED) is 0.464. The molecule has 8 nitrogen and oxygen atoms in total. The molecule has 0 saturated heterocycles. The fourth-order valence-electron chi connectivity index (χ4n) is 3.82. The number of aromatic nitrogens is 4. The van der Waals surface area contributed by atoms with E-state index < -0.39 is 0 Å². The number of halogens is 1. The average Bonchev–Trinajstić information content (AvgIpc) is 3.00. The van der Waals surface area contributed by atoms with Gasteiger partial charge in [-0.3, -0.25) is 9.48 Å². The fourth-order valence-corrected chi connectivity index (χ4v) is 4.04. The topological polar surface area (TPSA) is 93.4 Å². The summed E-state index contributed by atoms with van der Waals surface area (Å²) in [5, 5.41) is 15.5. The minimum absolute atomic E-state index is 0.0302. The van der Waals surface area contributed by atoms with Gasteiger partial charge in [-0.25, -0.2) is 9.97 Å². The van der Waals surface area contributed by atoms with E-state index >= 15 is 0 Å². The maximum absolute atomic E-state index is 12.9. The van der Waals surface area contributed by atoms with Crippen molar-refractivity contribution in [3.63, 3.8) is 0 Å². The number of carbonyl (C=O) groups excluding carboxylic acids is 1. The lowest BCUT2D eigenvalue weighted by atomic mass is 9.99. The highest BCUT2D eigenvalue weighted by Gasteiger charge is 2.20. The van der Waals surface area contributed by atoms with Crippen LogP contribution in [-0.2, 0) is 18.3 Å². The Balaban J connectivity index is 1.89. The van der Waals surface area contributed by atoms with E-state index in [4.69, 9.17) is 21.3 Å². The summed E-state index contributed by atoms with van der Waals surface area (Å²) in [5.74, 6) is 1.27. The number of aliphatic hydroxyl groups excluding tert-OH is 1. The van der Waals surface area contributed by atoms with Gasteiger partial charge in [-0.1, -0.05) is 25.4 Å². The Morgan fingerprint density at radius 3 is 2.69 bits per heavy atom. The summed E-state index contributed by atoms with van der Waals surface area (Å²) in [6.07, 6.45) is 0.175. The average molecular weight is 460 g/mol. The van der Waals surface area contributed by atoms with E-state index in [2.05, 4.69) is 23.9 Å². The van der Waals surface area contributed by atoms with Crippen molar-refractivity contribution in [3.05, 3.63) is 40.2 Å². The molecule has 0 atom stereocenters. The molecule has 0 aliphatic heterocycles. The number of Topliss-reactive ketones (excluding diaryl/α,β-unsaturated/α-hetero) is 1. The summed E-state index contributed by atoms with van der Waals surface area (Å²) in [4.78, 5) is 23.6. The Hall–Kier alpha value is -2.71. The predicted molar refractivity (Wildman–Crippen MR) is 126 cm³/mol. The van der Waals surface area contributed by atoms with Crippen LogP contribution in [0.5, 0.6) is 5.88 Å². The zero-order chi connectivity index (χ0) is 23.4. The first kappa shape index (κ1) is 23.9. The van der Waals surface area contributed by atoms with Gasteiger partial charge in [0.25, 0.3) is 0 Å². The number of rotatable bonds is 10. The van der Waals surface area contributed by atoms with Crippen molar-refractivity contribution < 1.29 is 14.6 Å². The van der Waals surface area contributed by atoms with Crippen LogP contribution in [0.2, 0.25) is 5.15 Å². The molecule has 0 fully saturated rings. The second kappa shape index (κ2) is 10.3. The molecular formula is C23H30ClN5O3. The summed E-state index contributed by atoms with van der Waals surface area (Å²) < 4.78 is 7.18. The molecule has 0 radical (unpaired) electrons. The van der Waals surface area contributed by atoms with Crippen LogP contribution in [0, 0.1) is 6.92 Å². The number of pyridine rings is 2. The third kappa shape index (κ3) is 5.37. The molecule has 0 aromatic carbocycles. The van der Waals surface area contributed by atoms with Crippen LogP contribution in [0.4, 0.5) is 5.82 Å². The number of fused-ring (bicyclic) bond motifs is 1. The molecule has 9 heteroatoms. The third-order valence-electron chi connectivity index (χ3n) is 5.19. The maximum Gasteiger partial charge on any atom is 0.214 e. The fraction of sp³-hybridized carbons (Fsp3) is 0.478. The molecule has 3 heterocycles. The Labute approximate surface area is 193 Å². The number of aliphatic hydroxyl groups is 1. The first-order valence-corrected chi connectivity index (χ1v) is 11.1. The normalized spacial score (nSPS) is 11.4. The summed E-state index contributed by atoms with van der Waals surface area (Å²) in [7, 11) is 1.86. The summed E-state index contributed by atoms with van der Waals surface area (Å²) in [5.41, 5.74) is 3.54. The van der Waals surface area contributed by atoms with Crippen LogP contribution in [0.1, 0.15) is 43.5 Å². The van der Waals surface area contributed by atoms with Crippen molar-refractivity contribution in [2.24, 2.45) is 7.05 Å². The first-order chi connectivity index (χ1) is 15.2. The number of ether oxygens (including phenoxy) is 1. The van der Waals surface area contributed by atoms with E-state index in [0.717, 1.165) is 27.9 Å². The van der Waals surface area contributed by atoms with Gasteiger partial charge in [0.2, 0.25) is 5.88 Å². The van der Waals surface area contributed by atoms with Crippen molar-refractivity contribution in [2.75, 3.05) is 31.2 Å². The van der Waals surface area contributed by atoms with Crippen molar-refractivity contribution in [1.82, 2.24) is 19.7 Å². The highest BCUT2D eigenvalue weighted by Crippen LogP contribution is 2.30. The molecule has 1 N–H and O–H groups in total. The summed E-state index contributed by atoms with van der Waals surface area (Å²) in [6.45, 7) is 8.84. The Bertz CT molecular complexity index is 1110. The van der Waals surface area contributed by atoms with Gasteiger partial charge < -0.3 is 14.7 Å². The molecular weight excluding hydrogens is 430 g/mol. The lowest BCUT2D eigenvalue weighted by Crippen LogP contribution is -2.34. The minimum atomic E-state index is -0.0933. The van der Waals surface area contributed by atoms with Crippen LogP contribution in [0.25, 0.3) is 11.0 Å². The van der Waals surface area contributed by atoms with Gasteiger partial charge in [0.1, 0.15) is 11.0 Å². The molecule has 0 spiro atoms. The lowest BCUT2D eigenvalue weighted by Gasteiger charge is -2.24. The SMILES string of the molecule is CCOc1cc(CC(=O)CN(CCO)c2cc(C(C)C)c3c(C)nn(C)c3n2)cc(Cl)n1. The van der Waals surface area contributed by atoms with E-state index in [9.17, 15) is 9.90 Å². The van der Waals surface area contributed by atoms with Gasteiger partial charge >= 0.3 is 0 Å². The smallest absolute Gasteiger partial charge is 0.214 e. The van der Waals surface area contributed by atoms with Crippen molar-refractivity contribution >= 4 is 34.2 Å². The van der Waals surface area contributed by atoms with E-state index in [1.807, 2.05) is 31.9 Å². The van der Waals surface area contributed by atoms with Crippen LogP contribution in [0.15, 0.2) is 18.2 Å². The lowest BCUT2D eigenvalue weighted by molar-refractivity contribution is -0.117. The van der Waals surface area contributed by atoms with Gasteiger partial charge in [-0.15, -0.1) is 0 Å². The number of aryl methyl sites for hydroxylation is 2. The van der Waals surface area contributed by atoms with Crippen LogP contribution in [0.3, 0.4) is 0 Å². The van der Waals surface area contributed by atoms with Crippen molar-refractivity contribution in [3.8, 4) is 5.88 Å². The van der Waals surface area contributed by atoms with Gasteiger partial charge in [0.15, 0.2) is 11.4 Å². The number of carbonyl (C=O) groups is 1. The van der Waals surface area contributed by atoms with E-state index in [-0.39, 0.29) is 36.4 Å². The summed E-state index contributed by atoms with van der Waals surface area (Å²) >= 11 is 6.08. The molecule has 3 rings (SSSR count). The Kier molecular flexibility index (Phi) is 7.69. The van der Waals surface area contributed by atoms with Crippen molar-refractivity contribution in [2.45, 2.75) is 40.0 Å². The Morgan fingerprint density at radius 1 is 1.28 bits per heavy atom. The molecule has 0 unspecified atom stereocenters. The van der Waals surface area contributed by atoms with Gasteiger partial charge in [0.05, 0.1) is 25.5 Å². The van der Waals surface area contributed by atoms with Gasteiger partial charge in [0, 0.05) is 31.5 Å². The highest BCUT2D eigenvalue weighted by atomic mass is 35.5. The van der Waals surface area contributed by atoms with Crippen LogP contribution in [-0.4, -0.2) is 56.9 Å². The number of anilines is 1. The maximum atomic E-state index is 12.9. The van der Waals surface area contributed by atoms with Gasteiger partial charge in [-0.2, -0.15) is 5.10 Å². The molecule has 0 aliphatic rings. The predicted octanol–water partition coefficient (Wildman–Crippen LogP) is 3.46. The number of nitrogens with zero attached hydrogens (tertiary/aromatic N) is 5. The third-order valence-corrected chi connectivity index (χ3v) is 5.39. The van der Waals surface area contributed by atoms with Crippen LogP contribution < -0.4 is 9.64 Å². The number of ketones is 1. The minimum Gasteiger partial charge on any atom is -0.478 e. The molecule has 172 valence electrons. The number of hydrogen-bond acceptors (Lipinski definition) is 7. The van der Waals surface area contributed by atoms with E-state index in [0.29, 0.717) is 24.8 Å². The monoisotopic (exact) mass is 459 g/mol. The second-order valence-corrected chi connectivity index (χ2v) is 8.45. The Morgan fingerprint density at radius 2 is 2.03 bits per heavy atom. The molecule has 0 bridgehead atoms. The zero-order valence-corrected chi connectivity index (χ0v) is 20.0. The largest absolute Gasteiger partial charge is 0.478 e. The molecule has 0 amide bonds. The molecule has 32 heavy (non-hydrogen) atoms. The molecule has 3 aromatic heterocycles. The molecule has 0 saturated carbocycles.